The normalized spacial score (nSPS) is 12.9. The van der Waals surface area contributed by atoms with Gasteiger partial charge in [-0.2, -0.15) is 0 Å². The number of nitrogens with zero attached hydrogens (tertiary/aromatic N) is 3. The Hall–Kier alpha value is -1.72. The SMILES string of the molecule is Cc1cn2c(CNC(C)c3ccccn3)c(C)nc2s1. The van der Waals surface area contributed by atoms with Gasteiger partial charge in [-0.15, -0.1) is 11.3 Å². The van der Waals surface area contributed by atoms with E-state index in [2.05, 4.69) is 46.7 Å². The topological polar surface area (TPSA) is 42.2 Å². The molecule has 3 heterocycles. The van der Waals surface area contributed by atoms with Crippen LogP contribution in [0.25, 0.3) is 4.96 Å². The molecule has 0 aliphatic carbocycles. The number of thiazole rings is 1. The van der Waals surface area contributed by atoms with Crippen molar-refractivity contribution in [2.24, 2.45) is 0 Å². The van der Waals surface area contributed by atoms with E-state index in [1.165, 1.54) is 10.6 Å². The van der Waals surface area contributed by atoms with Crippen LogP contribution in [0, 0.1) is 13.8 Å². The molecule has 0 saturated carbocycles. The van der Waals surface area contributed by atoms with Crippen LogP contribution in [-0.4, -0.2) is 14.4 Å². The van der Waals surface area contributed by atoms with Crippen LogP contribution in [-0.2, 0) is 6.54 Å². The number of rotatable bonds is 4. The lowest BCUT2D eigenvalue weighted by molar-refractivity contribution is 0.552. The van der Waals surface area contributed by atoms with Gasteiger partial charge in [0.25, 0.3) is 0 Å². The Bertz CT molecular complexity index is 714. The molecule has 0 fully saturated rings. The number of fused-ring (bicyclic) bond motifs is 1. The third-order valence-electron chi connectivity index (χ3n) is 3.45. The van der Waals surface area contributed by atoms with Crippen molar-refractivity contribution in [2.45, 2.75) is 33.4 Å². The fourth-order valence-corrected chi connectivity index (χ4v) is 3.20. The van der Waals surface area contributed by atoms with E-state index in [0.717, 1.165) is 22.9 Å². The molecule has 1 atom stereocenters. The van der Waals surface area contributed by atoms with Crippen molar-refractivity contribution in [1.29, 1.82) is 0 Å². The molecule has 5 heteroatoms. The van der Waals surface area contributed by atoms with Crippen LogP contribution in [0.15, 0.2) is 30.6 Å². The van der Waals surface area contributed by atoms with Crippen LogP contribution < -0.4 is 5.32 Å². The fraction of sp³-hybridized carbons (Fsp3) is 0.333. The lowest BCUT2D eigenvalue weighted by atomic mass is 10.2. The zero-order chi connectivity index (χ0) is 14.1. The predicted octanol–water partition coefficient (Wildman–Crippen LogP) is 3.26. The molecule has 3 aromatic rings. The van der Waals surface area contributed by atoms with Gasteiger partial charge in [0.1, 0.15) is 0 Å². The monoisotopic (exact) mass is 286 g/mol. The standard InChI is InChI=1S/C15H18N4S/c1-10-9-19-14(12(3)18-15(19)20-10)8-17-11(2)13-6-4-5-7-16-13/h4-7,9,11,17H,8H2,1-3H3. The molecule has 0 saturated heterocycles. The molecule has 4 nitrogen and oxygen atoms in total. The van der Waals surface area contributed by atoms with Crippen molar-refractivity contribution in [3.8, 4) is 0 Å². The Kier molecular flexibility index (Phi) is 3.54. The van der Waals surface area contributed by atoms with Gasteiger partial charge < -0.3 is 5.32 Å². The number of imidazole rings is 1. The molecule has 20 heavy (non-hydrogen) atoms. The average Bonchev–Trinajstić information content (AvgIpc) is 2.92. The van der Waals surface area contributed by atoms with Gasteiger partial charge in [0.15, 0.2) is 4.96 Å². The Labute approximate surface area is 122 Å². The number of aromatic nitrogens is 3. The Morgan fingerprint density at radius 2 is 2.20 bits per heavy atom. The maximum Gasteiger partial charge on any atom is 0.194 e. The molecule has 0 aromatic carbocycles. The third kappa shape index (κ3) is 2.46. The van der Waals surface area contributed by atoms with Crippen molar-refractivity contribution in [2.75, 3.05) is 0 Å². The van der Waals surface area contributed by atoms with Crippen LogP contribution in [0.5, 0.6) is 0 Å². The van der Waals surface area contributed by atoms with Gasteiger partial charge in [-0.3, -0.25) is 9.38 Å². The van der Waals surface area contributed by atoms with Crippen LogP contribution >= 0.6 is 11.3 Å². The summed E-state index contributed by atoms with van der Waals surface area (Å²) in [6.45, 7) is 7.11. The van der Waals surface area contributed by atoms with Gasteiger partial charge in [-0.1, -0.05) is 6.07 Å². The number of nitrogens with one attached hydrogen (secondary N) is 1. The molecule has 1 N–H and O–H groups in total. The highest BCUT2D eigenvalue weighted by Crippen LogP contribution is 2.21. The molecule has 1 unspecified atom stereocenters. The molecular weight excluding hydrogens is 268 g/mol. The van der Waals surface area contributed by atoms with Crippen molar-refractivity contribution >= 4 is 16.3 Å². The van der Waals surface area contributed by atoms with Crippen LogP contribution in [0.1, 0.15) is 34.9 Å². The molecule has 104 valence electrons. The maximum absolute atomic E-state index is 4.61. The van der Waals surface area contributed by atoms with Gasteiger partial charge in [0.2, 0.25) is 0 Å². The molecule has 3 aromatic heterocycles. The first-order valence-corrected chi connectivity index (χ1v) is 7.55. The second-order valence-corrected chi connectivity index (χ2v) is 6.21. The lowest BCUT2D eigenvalue weighted by Gasteiger charge is -2.13. The van der Waals surface area contributed by atoms with E-state index in [1.807, 2.05) is 24.4 Å². The molecule has 0 radical (unpaired) electrons. The van der Waals surface area contributed by atoms with Crippen molar-refractivity contribution in [1.82, 2.24) is 19.7 Å². The molecule has 0 amide bonds. The molecule has 0 bridgehead atoms. The van der Waals surface area contributed by atoms with E-state index < -0.39 is 0 Å². The smallest absolute Gasteiger partial charge is 0.194 e. The highest BCUT2D eigenvalue weighted by molar-refractivity contribution is 7.17. The second kappa shape index (κ2) is 5.34. The number of hydrogen-bond donors (Lipinski definition) is 1. The van der Waals surface area contributed by atoms with E-state index in [4.69, 9.17) is 0 Å². The van der Waals surface area contributed by atoms with Gasteiger partial charge >= 0.3 is 0 Å². The van der Waals surface area contributed by atoms with Crippen molar-refractivity contribution in [3.05, 3.63) is 52.6 Å². The van der Waals surface area contributed by atoms with E-state index >= 15 is 0 Å². The molecule has 0 spiro atoms. The highest BCUT2D eigenvalue weighted by atomic mass is 32.1. The highest BCUT2D eigenvalue weighted by Gasteiger charge is 2.12. The maximum atomic E-state index is 4.61. The van der Waals surface area contributed by atoms with E-state index in [9.17, 15) is 0 Å². The number of pyridine rings is 1. The van der Waals surface area contributed by atoms with Crippen molar-refractivity contribution < 1.29 is 0 Å². The van der Waals surface area contributed by atoms with Gasteiger partial charge in [-0.25, -0.2) is 4.98 Å². The van der Waals surface area contributed by atoms with E-state index in [1.54, 1.807) is 11.3 Å². The first-order chi connectivity index (χ1) is 9.65. The van der Waals surface area contributed by atoms with Crippen molar-refractivity contribution in [3.63, 3.8) is 0 Å². The molecule has 0 aliphatic heterocycles. The summed E-state index contributed by atoms with van der Waals surface area (Å²) in [5.74, 6) is 0. The summed E-state index contributed by atoms with van der Waals surface area (Å²) >= 11 is 1.73. The summed E-state index contributed by atoms with van der Waals surface area (Å²) in [5, 5.41) is 3.52. The Morgan fingerprint density at radius 3 is 2.95 bits per heavy atom. The minimum Gasteiger partial charge on any atom is -0.303 e. The average molecular weight is 286 g/mol. The summed E-state index contributed by atoms with van der Waals surface area (Å²) in [7, 11) is 0. The Morgan fingerprint density at radius 1 is 1.35 bits per heavy atom. The zero-order valence-electron chi connectivity index (χ0n) is 11.9. The largest absolute Gasteiger partial charge is 0.303 e. The van der Waals surface area contributed by atoms with Gasteiger partial charge in [0, 0.05) is 29.9 Å². The first kappa shape index (κ1) is 13.3. The van der Waals surface area contributed by atoms with E-state index in [-0.39, 0.29) is 6.04 Å². The first-order valence-electron chi connectivity index (χ1n) is 6.73. The quantitative estimate of drug-likeness (QED) is 0.800. The minimum atomic E-state index is 0.223. The fourth-order valence-electron chi connectivity index (χ4n) is 2.31. The van der Waals surface area contributed by atoms with Gasteiger partial charge in [-0.05, 0) is 32.9 Å². The summed E-state index contributed by atoms with van der Waals surface area (Å²) in [6, 6.07) is 6.23. The van der Waals surface area contributed by atoms with Crippen LogP contribution in [0.4, 0.5) is 0 Å². The van der Waals surface area contributed by atoms with Crippen LogP contribution in [0.3, 0.4) is 0 Å². The zero-order valence-corrected chi connectivity index (χ0v) is 12.7. The van der Waals surface area contributed by atoms with Crippen LogP contribution in [0.2, 0.25) is 0 Å². The third-order valence-corrected chi connectivity index (χ3v) is 4.35. The molecular formula is C15H18N4S. The van der Waals surface area contributed by atoms with E-state index in [0.29, 0.717) is 0 Å². The molecule has 3 rings (SSSR count). The Balaban J connectivity index is 1.78. The number of hydrogen-bond acceptors (Lipinski definition) is 4. The molecule has 0 aliphatic rings. The predicted molar refractivity (Wildman–Crippen MR) is 82.0 cm³/mol. The second-order valence-electron chi connectivity index (χ2n) is 5.00. The summed E-state index contributed by atoms with van der Waals surface area (Å²) in [6.07, 6.45) is 3.99. The number of aryl methyl sites for hydroxylation is 2. The lowest BCUT2D eigenvalue weighted by Crippen LogP contribution is -2.20. The minimum absolute atomic E-state index is 0.223. The van der Waals surface area contributed by atoms with Gasteiger partial charge in [0.05, 0.1) is 17.1 Å². The summed E-state index contributed by atoms with van der Waals surface area (Å²) < 4.78 is 2.19. The summed E-state index contributed by atoms with van der Waals surface area (Å²) in [5.41, 5.74) is 3.39. The summed E-state index contributed by atoms with van der Waals surface area (Å²) in [4.78, 5) is 11.4.